The summed E-state index contributed by atoms with van der Waals surface area (Å²) in [6.07, 6.45) is -0.660. The number of carbonyl (C=O) groups is 1. The van der Waals surface area contributed by atoms with E-state index in [0.717, 1.165) is 12.0 Å². The number of carboxylic acid groups (broad SMARTS) is 1. The maximum absolute atomic E-state index is 11.9. The molecule has 1 aromatic rings. The number of ether oxygens (including phenoxy) is 2. The molecule has 0 aromatic carbocycles. The van der Waals surface area contributed by atoms with Crippen molar-refractivity contribution in [3.8, 4) is 0 Å². The Kier molecular flexibility index (Phi) is 7.60. The van der Waals surface area contributed by atoms with Gasteiger partial charge in [-0.2, -0.15) is 17.5 Å². The molecule has 29 heavy (non-hydrogen) atoms. The molecule has 0 saturated carbocycles. The number of sulfonamides is 1. The summed E-state index contributed by atoms with van der Waals surface area (Å²) in [7, 11) is -3.11. The molecule has 0 amide bonds. The van der Waals surface area contributed by atoms with E-state index in [2.05, 4.69) is 4.98 Å². The number of hydrogen-bond donors (Lipinski definition) is 1. The van der Waals surface area contributed by atoms with Crippen LogP contribution < -0.4 is 0 Å². The average molecular weight is 440 g/mol. The number of pyridine rings is 1. The van der Waals surface area contributed by atoms with E-state index in [0.29, 0.717) is 32.9 Å². The van der Waals surface area contributed by atoms with Crippen molar-refractivity contribution in [1.29, 1.82) is 0 Å². The number of carboxylic acids is 1. The van der Waals surface area contributed by atoms with E-state index in [1.165, 1.54) is 4.31 Å². The number of aliphatic carboxylic acids is 1. The minimum atomic E-state index is -5.08. The lowest BCUT2D eigenvalue weighted by Crippen LogP contribution is -2.66. The molecular formula is C17H23F3N2O6S. The second-order valence-electron chi connectivity index (χ2n) is 6.74. The normalized spacial score (nSPS) is 21.3. The van der Waals surface area contributed by atoms with Gasteiger partial charge in [0.15, 0.2) is 0 Å². The van der Waals surface area contributed by atoms with Gasteiger partial charge in [0.25, 0.3) is 0 Å². The molecule has 0 aliphatic carbocycles. The zero-order chi connectivity index (χ0) is 21.7. The fraction of sp³-hybridized carbons (Fsp3) is 0.647. The first-order valence-corrected chi connectivity index (χ1v) is 10.5. The van der Waals surface area contributed by atoms with Crippen LogP contribution >= 0.6 is 0 Å². The Morgan fingerprint density at radius 3 is 2.48 bits per heavy atom. The molecule has 1 aromatic heterocycles. The van der Waals surface area contributed by atoms with Crippen LogP contribution in [0.1, 0.15) is 18.9 Å². The molecule has 8 nitrogen and oxygen atoms in total. The summed E-state index contributed by atoms with van der Waals surface area (Å²) < 4.78 is 68.7. The van der Waals surface area contributed by atoms with Crippen molar-refractivity contribution in [2.75, 3.05) is 32.1 Å². The number of aromatic nitrogens is 1. The topological polar surface area (TPSA) is 106 Å². The lowest BCUT2D eigenvalue weighted by atomic mass is 9.83. The van der Waals surface area contributed by atoms with Gasteiger partial charge < -0.3 is 14.6 Å². The predicted molar refractivity (Wildman–Crippen MR) is 95.4 cm³/mol. The zero-order valence-electron chi connectivity index (χ0n) is 15.8. The molecule has 12 heteroatoms. The van der Waals surface area contributed by atoms with Crippen molar-refractivity contribution in [3.63, 3.8) is 0 Å². The van der Waals surface area contributed by atoms with E-state index in [4.69, 9.17) is 19.4 Å². The maximum atomic E-state index is 11.9. The van der Waals surface area contributed by atoms with Gasteiger partial charge in [-0.15, -0.1) is 0 Å². The number of rotatable bonds is 6. The first kappa shape index (κ1) is 23.5. The molecule has 164 valence electrons. The summed E-state index contributed by atoms with van der Waals surface area (Å²) in [6, 6.07) is 3.86. The Balaban J connectivity index is 0.000000370. The van der Waals surface area contributed by atoms with Crippen LogP contribution in [0.2, 0.25) is 0 Å². The molecule has 3 rings (SSSR count). The van der Waals surface area contributed by atoms with Crippen molar-refractivity contribution in [1.82, 2.24) is 9.29 Å². The molecule has 0 radical (unpaired) electrons. The minimum Gasteiger partial charge on any atom is -0.475 e. The van der Waals surface area contributed by atoms with Crippen LogP contribution in [0.4, 0.5) is 13.2 Å². The molecule has 2 aliphatic rings. The molecule has 1 N–H and O–H groups in total. The highest BCUT2D eigenvalue weighted by atomic mass is 32.2. The summed E-state index contributed by atoms with van der Waals surface area (Å²) in [5.74, 6) is -2.35. The highest BCUT2D eigenvalue weighted by Crippen LogP contribution is 2.41. The quantitative estimate of drug-likeness (QED) is 0.717. The van der Waals surface area contributed by atoms with Gasteiger partial charge in [-0.3, -0.25) is 4.98 Å². The van der Waals surface area contributed by atoms with Gasteiger partial charge in [-0.05, 0) is 31.0 Å². The highest BCUT2D eigenvalue weighted by molar-refractivity contribution is 7.89. The Hall–Kier alpha value is -1.76. The predicted octanol–water partition coefficient (Wildman–Crippen LogP) is 1.67. The lowest BCUT2D eigenvalue weighted by molar-refractivity contribution is -0.192. The number of alkyl halides is 3. The van der Waals surface area contributed by atoms with Crippen molar-refractivity contribution in [2.45, 2.75) is 31.7 Å². The van der Waals surface area contributed by atoms with Crippen molar-refractivity contribution >= 4 is 16.0 Å². The molecule has 2 saturated heterocycles. The zero-order valence-corrected chi connectivity index (χ0v) is 16.6. The molecule has 3 heterocycles. The molecule has 1 atom stereocenters. The summed E-state index contributed by atoms with van der Waals surface area (Å²) in [6.45, 7) is 4.43. The Bertz CT molecular complexity index is 782. The lowest BCUT2D eigenvalue weighted by Gasteiger charge is -2.49. The molecular weight excluding hydrogens is 417 g/mol. The largest absolute Gasteiger partial charge is 0.490 e. The summed E-state index contributed by atoms with van der Waals surface area (Å²) >= 11 is 0. The summed E-state index contributed by atoms with van der Waals surface area (Å²) in [4.78, 5) is 12.9. The van der Waals surface area contributed by atoms with E-state index < -0.39 is 22.2 Å². The third-order valence-electron chi connectivity index (χ3n) is 4.83. The molecule has 1 unspecified atom stereocenters. The minimum absolute atomic E-state index is 0.145. The van der Waals surface area contributed by atoms with Crippen molar-refractivity contribution in [2.24, 2.45) is 5.92 Å². The number of nitrogens with zero attached hydrogens (tertiary/aromatic N) is 2. The van der Waals surface area contributed by atoms with E-state index in [1.54, 1.807) is 19.3 Å². The van der Waals surface area contributed by atoms with E-state index in [-0.39, 0.29) is 17.3 Å². The SMILES string of the molecule is CCS(=O)(=O)N1CC2(C1)OCCC2COCc1ccncc1.O=C(O)C(F)(F)F. The Labute approximate surface area is 166 Å². The summed E-state index contributed by atoms with van der Waals surface area (Å²) in [5, 5.41) is 7.12. The first-order valence-electron chi connectivity index (χ1n) is 8.89. The fourth-order valence-electron chi connectivity index (χ4n) is 3.10. The van der Waals surface area contributed by atoms with Gasteiger partial charge in [0.05, 0.1) is 19.0 Å². The molecule has 2 aliphatic heterocycles. The second kappa shape index (κ2) is 9.37. The second-order valence-corrected chi connectivity index (χ2v) is 9.00. The third-order valence-corrected chi connectivity index (χ3v) is 6.60. The van der Waals surface area contributed by atoms with Gasteiger partial charge in [-0.1, -0.05) is 0 Å². The van der Waals surface area contributed by atoms with Crippen LogP contribution in [-0.4, -0.2) is 72.6 Å². The monoisotopic (exact) mass is 440 g/mol. The Morgan fingerprint density at radius 1 is 1.38 bits per heavy atom. The van der Waals surface area contributed by atoms with Crippen LogP contribution in [0.5, 0.6) is 0 Å². The van der Waals surface area contributed by atoms with Gasteiger partial charge in [0.1, 0.15) is 5.60 Å². The average Bonchev–Trinajstić information content (AvgIpc) is 3.05. The number of hydrogen-bond acceptors (Lipinski definition) is 6. The van der Waals surface area contributed by atoms with Crippen LogP contribution in [0.15, 0.2) is 24.5 Å². The fourth-order valence-corrected chi connectivity index (χ4v) is 4.29. The van der Waals surface area contributed by atoms with Crippen LogP contribution in [0.25, 0.3) is 0 Å². The summed E-state index contributed by atoms with van der Waals surface area (Å²) in [5.41, 5.74) is 0.757. The number of halogens is 3. The molecule has 1 spiro atoms. The van der Waals surface area contributed by atoms with Gasteiger partial charge in [0.2, 0.25) is 10.0 Å². The maximum Gasteiger partial charge on any atom is 0.490 e. The van der Waals surface area contributed by atoms with E-state index in [9.17, 15) is 21.6 Å². The van der Waals surface area contributed by atoms with Crippen molar-refractivity contribution in [3.05, 3.63) is 30.1 Å². The van der Waals surface area contributed by atoms with Crippen LogP contribution in [0, 0.1) is 5.92 Å². The van der Waals surface area contributed by atoms with Crippen LogP contribution in [-0.2, 0) is 30.9 Å². The van der Waals surface area contributed by atoms with E-state index in [1.807, 2.05) is 12.1 Å². The Morgan fingerprint density at radius 2 is 1.97 bits per heavy atom. The highest BCUT2D eigenvalue weighted by Gasteiger charge is 2.55. The van der Waals surface area contributed by atoms with Gasteiger partial charge in [0, 0.05) is 38.0 Å². The first-order chi connectivity index (χ1) is 13.5. The molecule has 2 fully saturated rings. The molecule has 0 bridgehead atoms. The smallest absolute Gasteiger partial charge is 0.475 e. The van der Waals surface area contributed by atoms with E-state index >= 15 is 0 Å². The van der Waals surface area contributed by atoms with Gasteiger partial charge in [-0.25, -0.2) is 13.2 Å². The van der Waals surface area contributed by atoms with Crippen molar-refractivity contribution < 1.29 is 41.0 Å². The standard InChI is InChI=1S/C15H22N2O4S.C2HF3O2/c1-2-22(18,19)17-11-15(12-17)14(5-8-21-15)10-20-9-13-3-6-16-7-4-13;3-2(4,5)1(6)7/h3-4,6-7,14H,2,5,8-12H2,1H3;(H,6,7). The third kappa shape index (κ3) is 6.11. The van der Waals surface area contributed by atoms with Crippen LogP contribution in [0.3, 0.4) is 0 Å². The van der Waals surface area contributed by atoms with Gasteiger partial charge >= 0.3 is 12.1 Å².